The molecule has 2 saturated heterocycles. The first kappa shape index (κ1) is 17.8. The van der Waals surface area contributed by atoms with Gasteiger partial charge in [0, 0.05) is 50.3 Å². The minimum absolute atomic E-state index is 0.0126. The lowest BCUT2D eigenvalue weighted by Gasteiger charge is -2.32. The Labute approximate surface area is 152 Å². The molecule has 0 aromatic heterocycles. The van der Waals surface area contributed by atoms with Gasteiger partial charge in [-0.25, -0.2) is 0 Å². The molecule has 0 radical (unpaired) electrons. The summed E-state index contributed by atoms with van der Waals surface area (Å²) in [5.74, 6) is 0.499. The van der Waals surface area contributed by atoms with Crippen molar-refractivity contribution in [2.45, 2.75) is 25.5 Å². The van der Waals surface area contributed by atoms with Gasteiger partial charge in [-0.3, -0.25) is 9.69 Å². The molecular formula is C17H23Cl2N3O2. The Kier molecular flexibility index (Phi) is 5.87. The van der Waals surface area contributed by atoms with Crippen LogP contribution in [0.2, 0.25) is 10.0 Å². The number of carbonyl (C=O) groups is 1. The second kappa shape index (κ2) is 7.91. The molecule has 2 aliphatic rings. The SMILES string of the molecule is CC(Oc1ccc(Cl)cc1Cl)C(=O)N1CCC(N2CCNCC2)C1. The first-order valence-electron chi connectivity index (χ1n) is 8.40. The molecule has 2 aliphatic heterocycles. The Balaban J connectivity index is 1.56. The van der Waals surface area contributed by atoms with Crippen molar-refractivity contribution in [1.82, 2.24) is 15.1 Å². The van der Waals surface area contributed by atoms with E-state index in [1.54, 1.807) is 25.1 Å². The molecule has 0 bridgehead atoms. The van der Waals surface area contributed by atoms with Gasteiger partial charge in [-0.2, -0.15) is 0 Å². The predicted molar refractivity (Wildman–Crippen MR) is 96.0 cm³/mol. The minimum atomic E-state index is -0.564. The van der Waals surface area contributed by atoms with Crippen molar-refractivity contribution in [1.29, 1.82) is 0 Å². The lowest BCUT2D eigenvalue weighted by Crippen LogP contribution is -2.50. The summed E-state index contributed by atoms with van der Waals surface area (Å²) in [5, 5.41) is 4.33. The Morgan fingerprint density at radius 2 is 2.04 bits per heavy atom. The van der Waals surface area contributed by atoms with Gasteiger partial charge in [0.2, 0.25) is 0 Å². The van der Waals surface area contributed by atoms with Gasteiger partial charge in [0.25, 0.3) is 5.91 Å². The van der Waals surface area contributed by atoms with Crippen molar-refractivity contribution >= 4 is 29.1 Å². The topological polar surface area (TPSA) is 44.8 Å². The highest BCUT2D eigenvalue weighted by Gasteiger charge is 2.33. The number of rotatable bonds is 4. The minimum Gasteiger partial charge on any atom is -0.479 e. The number of piperazine rings is 1. The van der Waals surface area contributed by atoms with E-state index in [1.165, 1.54) is 0 Å². The van der Waals surface area contributed by atoms with Crippen LogP contribution in [0.5, 0.6) is 5.75 Å². The number of benzene rings is 1. The molecule has 0 aliphatic carbocycles. The van der Waals surface area contributed by atoms with Crippen LogP contribution >= 0.6 is 23.2 Å². The fourth-order valence-corrected chi connectivity index (χ4v) is 3.81. The number of ether oxygens (including phenoxy) is 1. The van der Waals surface area contributed by atoms with Crippen LogP contribution in [0.3, 0.4) is 0 Å². The molecule has 0 saturated carbocycles. The molecular weight excluding hydrogens is 349 g/mol. The fourth-order valence-electron chi connectivity index (χ4n) is 3.36. The van der Waals surface area contributed by atoms with Gasteiger partial charge >= 0.3 is 0 Å². The van der Waals surface area contributed by atoms with Crippen molar-refractivity contribution in [2.75, 3.05) is 39.3 Å². The highest BCUT2D eigenvalue weighted by atomic mass is 35.5. The van der Waals surface area contributed by atoms with Crippen LogP contribution in [-0.2, 0) is 4.79 Å². The van der Waals surface area contributed by atoms with E-state index in [9.17, 15) is 4.79 Å². The van der Waals surface area contributed by atoms with E-state index in [0.29, 0.717) is 21.8 Å². The maximum Gasteiger partial charge on any atom is 0.263 e. The van der Waals surface area contributed by atoms with Crippen LogP contribution in [0.4, 0.5) is 0 Å². The van der Waals surface area contributed by atoms with Gasteiger partial charge in [-0.05, 0) is 31.5 Å². The van der Waals surface area contributed by atoms with Crippen molar-refractivity contribution in [2.24, 2.45) is 0 Å². The second-order valence-corrected chi connectivity index (χ2v) is 7.19. The third kappa shape index (κ3) is 4.14. The molecule has 1 aromatic carbocycles. The zero-order valence-electron chi connectivity index (χ0n) is 13.8. The molecule has 2 atom stereocenters. The van der Waals surface area contributed by atoms with Gasteiger partial charge in [-0.15, -0.1) is 0 Å². The molecule has 1 amide bonds. The van der Waals surface area contributed by atoms with Gasteiger partial charge < -0.3 is 15.0 Å². The molecule has 2 unspecified atom stereocenters. The molecule has 132 valence electrons. The summed E-state index contributed by atoms with van der Waals surface area (Å²) in [7, 11) is 0. The van der Waals surface area contributed by atoms with E-state index in [-0.39, 0.29) is 5.91 Å². The van der Waals surface area contributed by atoms with Crippen molar-refractivity contribution < 1.29 is 9.53 Å². The van der Waals surface area contributed by atoms with Crippen LogP contribution in [0, 0.1) is 0 Å². The summed E-state index contributed by atoms with van der Waals surface area (Å²) in [6, 6.07) is 5.48. The first-order valence-corrected chi connectivity index (χ1v) is 9.15. The summed E-state index contributed by atoms with van der Waals surface area (Å²) in [5.41, 5.74) is 0. The maximum atomic E-state index is 12.7. The lowest BCUT2D eigenvalue weighted by atomic mass is 10.2. The Hall–Kier alpha value is -1.01. The third-order valence-electron chi connectivity index (χ3n) is 4.69. The quantitative estimate of drug-likeness (QED) is 0.881. The number of halogens is 2. The average Bonchev–Trinajstić information content (AvgIpc) is 3.07. The number of nitrogens with one attached hydrogen (secondary N) is 1. The third-order valence-corrected chi connectivity index (χ3v) is 5.22. The molecule has 1 aromatic rings. The van der Waals surface area contributed by atoms with Gasteiger partial charge in [0.1, 0.15) is 5.75 Å². The molecule has 7 heteroatoms. The maximum absolute atomic E-state index is 12.7. The second-order valence-electron chi connectivity index (χ2n) is 6.35. The standard InChI is InChI=1S/C17H23Cl2N3O2/c1-12(24-16-3-2-13(18)10-15(16)19)17(23)22-7-4-14(11-22)21-8-5-20-6-9-21/h2-3,10,12,14,20H,4-9,11H2,1H3. The number of hydrogen-bond donors (Lipinski definition) is 1. The summed E-state index contributed by atoms with van der Waals surface area (Å²) in [4.78, 5) is 17.0. The summed E-state index contributed by atoms with van der Waals surface area (Å²) >= 11 is 12.0. The number of carbonyl (C=O) groups excluding carboxylic acids is 1. The lowest BCUT2D eigenvalue weighted by molar-refractivity contribution is -0.137. The van der Waals surface area contributed by atoms with Crippen molar-refractivity contribution in [3.63, 3.8) is 0 Å². The van der Waals surface area contributed by atoms with Crippen molar-refractivity contribution in [3.8, 4) is 5.75 Å². The molecule has 2 fully saturated rings. The molecule has 5 nitrogen and oxygen atoms in total. The molecule has 24 heavy (non-hydrogen) atoms. The van der Waals surface area contributed by atoms with E-state index >= 15 is 0 Å². The number of amides is 1. The zero-order chi connectivity index (χ0) is 17.1. The van der Waals surface area contributed by atoms with Crippen LogP contribution < -0.4 is 10.1 Å². The monoisotopic (exact) mass is 371 g/mol. The largest absolute Gasteiger partial charge is 0.479 e. The normalized spacial score (nSPS) is 23.3. The predicted octanol–water partition coefficient (Wildman–Crippen LogP) is 2.27. The smallest absolute Gasteiger partial charge is 0.263 e. The molecule has 1 N–H and O–H groups in total. The zero-order valence-corrected chi connectivity index (χ0v) is 15.3. The van der Waals surface area contributed by atoms with Gasteiger partial charge in [0.15, 0.2) is 6.10 Å². The van der Waals surface area contributed by atoms with E-state index in [2.05, 4.69) is 10.2 Å². The molecule has 2 heterocycles. The molecule has 3 rings (SSSR count). The van der Waals surface area contributed by atoms with E-state index in [1.807, 2.05) is 4.90 Å². The van der Waals surface area contributed by atoms with E-state index < -0.39 is 6.10 Å². The summed E-state index contributed by atoms with van der Waals surface area (Å²) in [6.07, 6.45) is 0.464. The van der Waals surface area contributed by atoms with Gasteiger partial charge in [0.05, 0.1) is 5.02 Å². The van der Waals surface area contributed by atoms with Gasteiger partial charge in [-0.1, -0.05) is 23.2 Å². The average molecular weight is 372 g/mol. The van der Waals surface area contributed by atoms with Crippen molar-refractivity contribution in [3.05, 3.63) is 28.2 Å². The van der Waals surface area contributed by atoms with Crippen LogP contribution in [0.25, 0.3) is 0 Å². The van der Waals surface area contributed by atoms with E-state index in [0.717, 1.165) is 45.7 Å². The van der Waals surface area contributed by atoms with Crippen LogP contribution in [0.15, 0.2) is 18.2 Å². The molecule has 0 spiro atoms. The van der Waals surface area contributed by atoms with E-state index in [4.69, 9.17) is 27.9 Å². The number of hydrogen-bond acceptors (Lipinski definition) is 4. The summed E-state index contributed by atoms with van der Waals surface area (Å²) < 4.78 is 5.75. The Morgan fingerprint density at radius 1 is 1.29 bits per heavy atom. The van der Waals surface area contributed by atoms with Crippen LogP contribution in [-0.4, -0.2) is 67.1 Å². The highest BCUT2D eigenvalue weighted by molar-refractivity contribution is 6.35. The Bertz CT molecular complexity index is 593. The number of likely N-dealkylation sites (tertiary alicyclic amines) is 1. The highest BCUT2D eigenvalue weighted by Crippen LogP contribution is 2.29. The number of nitrogens with zero attached hydrogens (tertiary/aromatic N) is 2. The van der Waals surface area contributed by atoms with Crippen LogP contribution in [0.1, 0.15) is 13.3 Å². The fraction of sp³-hybridized carbons (Fsp3) is 0.588. The summed E-state index contributed by atoms with van der Waals surface area (Å²) in [6.45, 7) is 7.50. The Morgan fingerprint density at radius 3 is 2.75 bits per heavy atom. The first-order chi connectivity index (χ1) is 11.5.